The first kappa shape index (κ1) is 14.0. The Hall–Kier alpha value is -0.430. The minimum atomic E-state index is -3.51. The van der Waals surface area contributed by atoms with Gasteiger partial charge in [-0.25, -0.2) is 13.1 Å². The van der Waals surface area contributed by atoms with Crippen molar-refractivity contribution in [3.63, 3.8) is 0 Å². The molecule has 1 fully saturated rings. The summed E-state index contributed by atoms with van der Waals surface area (Å²) in [6, 6.07) is 3.34. The largest absolute Gasteiger partial charge is 0.392 e. The maximum absolute atomic E-state index is 12.3. The van der Waals surface area contributed by atoms with E-state index in [0.29, 0.717) is 10.0 Å². The van der Waals surface area contributed by atoms with Crippen LogP contribution in [-0.2, 0) is 16.6 Å². The first-order chi connectivity index (χ1) is 8.44. The molecule has 4 nitrogen and oxygen atoms in total. The Kier molecular flexibility index (Phi) is 4.11. The van der Waals surface area contributed by atoms with Crippen molar-refractivity contribution >= 4 is 26.0 Å². The van der Waals surface area contributed by atoms with Crippen molar-refractivity contribution in [1.82, 2.24) is 4.72 Å². The van der Waals surface area contributed by atoms with Gasteiger partial charge < -0.3 is 5.11 Å². The molecular weight excluding hydrogens is 318 g/mol. The van der Waals surface area contributed by atoms with Crippen molar-refractivity contribution in [3.05, 3.63) is 27.7 Å². The minimum Gasteiger partial charge on any atom is -0.392 e. The molecule has 0 radical (unpaired) electrons. The predicted molar refractivity (Wildman–Crippen MR) is 72.8 cm³/mol. The molecule has 100 valence electrons. The standard InChI is InChI=1S/C12H16BrNO3S/c1-8-5-9(7-15)6-11(12(8)13)18(16,17)14-10-3-2-4-10/h5-6,10,14-15H,2-4,7H2,1H3. The van der Waals surface area contributed by atoms with Gasteiger partial charge in [0.05, 0.1) is 11.5 Å². The van der Waals surface area contributed by atoms with E-state index in [-0.39, 0.29) is 17.5 Å². The molecule has 0 saturated heterocycles. The molecule has 2 N–H and O–H groups in total. The molecule has 0 amide bonds. The van der Waals surface area contributed by atoms with Crippen molar-refractivity contribution in [2.24, 2.45) is 0 Å². The lowest BCUT2D eigenvalue weighted by Gasteiger charge is -2.26. The number of sulfonamides is 1. The predicted octanol–water partition coefficient (Wildman–Crippen LogP) is 2.08. The summed E-state index contributed by atoms with van der Waals surface area (Å²) >= 11 is 3.31. The Morgan fingerprint density at radius 1 is 1.44 bits per heavy atom. The summed E-state index contributed by atoms with van der Waals surface area (Å²) in [6.45, 7) is 1.64. The van der Waals surface area contributed by atoms with Crippen LogP contribution < -0.4 is 4.72 Å². The van der Waals surface area contributed by atoms with E-state index < -0.39 is 10.0 Å². The van der Waals surface area contributed by atoms with Gasteiger partial charge in [-0.3, -0.25) is 0 Å². The van der Waals surface area contributed by atoms with Crippen LogP contribution in [0.1, 0.15) is 30.4 Å². The number of aryl methyl sites for hydroxylation is 1. The number of benzene rings is 1. The lowest BCUT2D eigenvalue weighted by molar-refractivity contribution is 0.281. The summed E-state index contributed by atoms with van der Waals surface area (Å²) in [5.74, 6) is 0. The van der Waals surface area contributed by atoms with E-state index in [4.69, 9.17) is 5.11 Å². The number of nitrogens with one attached hydrogen (secondary N) is 1. The van der Waals surface area contributed by atoms with Gasteiger partial charge in [0.1, 0.15) is 0 Å². The van der Waals surface area contributed by atoms with Crippen molar-refractivity contribution in [2.75, 3.05) is 0 Å². The fourth-order valence-electron chi connectivity index (χ4n) is 1.91. The summed E-state index contributed by atoms with van der Waals surface area (Å²) in [6.07, 6.45) is 2.87. The third-order valence-electron chi connectivity index (χ3n) is 3.18. The second-order valence-corrected chi connectivity index (χ2v) is 7.11. The van der Waals surface area contributed by atoms with Crippen LogP contribution in [0.5, 0.6) is 0 Å². The average Bonchev–Trinajstić information content (AvgIpc) is 2.27. The Morgan fingerprint density at radius 2 is 2.11 bits per heavy atom. The van der Waals surface area contributed by atoms with Gasteiger partial charge in [0.15, 0.2) is 0 Å². The van der Waals surface area contributed by atoms with Crippen LogP contribution in [0.15, 0.2) is 21.5 Å². The SMILES string of the molecule is Cc1cc(CO)cc(S(=O)(=O)NC2CCC2)c1Br. The number of rotatable bonds is 4. The highest BCUT2D eigenvalue weighted by molar-refractivity contribution is 9.10. The van der Waals surface area contributed by atoms with Gasteiger partial charge in [0.25, 0.3) is 0 Å². The van der Waals surface area contributed by atoms with Gasteiger partial charge in [0.2, 0.25) is 10.0 Å². The maximum atomic E-state index is 12.3. The Labute approximate surface area is 116 Å². The van der Waals surface area contributed by atoms with E-state index in [2.05, 4.69) is 20.7 Å². The second kappa shape index (κ2) is 5.28. The average molecular weight is 334 g/mol. The Balaban J connectivity index is 2.39. The zero-order valence-electron chi connectivity index (χ0n) is 10.1. The highest BCUT2D eigenvalue weighted by atomic mass is 79.9. The van der Waals surface area contributed by atoms with Crippen LogP contribution >= 0.6 is 15.9 Å². The zero-order valence-corrected chi connectivity index (χ0v) is 12.5. The second-order valence-electron chi connectivity index (χ2n) is 4.63. The normalized spacial score (nSPS) is 16.6. The molecule has 0 unspecified atom stereocenters. The summed E-state index contributed by atoms with van der Waals surface area (Å²) in [4.78, 5) is 0.207. The molecule has 1 aromatic carbocycles. The molecule has 0 spiro atoms. The van der Waals surface area contributed by atoms with Crippen LogP contribution in [0, 0.1) is 6.92 Å². The maximum Gasteiger partial charge on any atom is 0.241 e. The molecular formula is C12H16BrNO3S. The quantitative estimate of drug-likeness (QED) is 0.886. The fourth-order valence-corrected chi connectivity index (χ4v) is 4.28. The molecule has 18 heavy (non-hydrogen) atoms. The van der Waals surface area contributed by atoms with Crippen LogP contribution in [0.4, 0.5) is 0 Å². The third kappa shape index (κ3) is 2.77. The van der Waals surface area contributed by atoms with Crippen molar-refractivity contribution in [2.45, 2.75) is 43.7 Å². The zero-order chi connectivity index (χ0) is 13.3. The molecule has 1 aliphatic rings. The number of aliphatic hydroxyl groups excluding tert-OH is 1. The van der Waals surface area contributed by atoms with Crippen LogP contribution in [0.3, 0.4) is 0 Å². The van der Waals surface area contributed by atoms with E-state index in [1.807, 2.05) is 6.92 Å². The highest BCUT2D eigenvalue weighted by Crippen LogP contribution is 2.29. The van der Waals surface area contributed by atoms with Gasteiger partial charge >= 0.3 is 0 Å². The molecule has 2 rings (SSSR count). The Morgan fingerprint density at radius 3 is 2.61 bits per heavy atom. The summed E-state index contributed by atoms with van der Waals surface area (Å²) in [5, 5.41) is 9.15. The lowest BCUT2D eigenvalue weighted by atomic mass is 9.94. The smallest absolute Gasteiger partial charge is 0.241 e. The number of hydrogen-bond acceptors (Lipinski definition) is 3. The molecule has 0 atom stereocenters. The van der Waals surface area contributed by atoms with Crippen molar-refractivity contribution < 1.29 is 13.5 Å². The van der Waals surface area contributed by atoms with Crippen LogP contribution in [-0.4, -0.2) is 19.6 Å². The van der Waals surface area contributed by atoms with Crippen molar-refractivity contribution in [1.29, 1.82) is 0 Å². The number of aliphatic hydroxyl groups is 1. The van der Waals surface area contributed by atoms with E-state index in [0.717, 1.165) is 24.8 Å². The van der Waals surface area contributed by atoms with Gasteiger partial charge in [-0.05, 0) is 52.9 Å². The van der Waals surface area contributed by atoms with E-state index in [9.17, 15) is 8.42 Å². The van der Waals surface area contributed by atoms with Crippen LogP contribution in [0.25, 0.3) is 0 Å². The van der Waals surface area contributed by atoms with Gasteiger partial charge in [-0.2, -0.15) is 0 Å². The van der Waals surface area contributed by atoms with E-state index in [1.54, 1.807) is 6.07 Å². The third-order valence-corrected chi connectivity index (χ3v) is 6.04. The lowest BCUT2D eigenvalue weighted by Crippen LogP contribution is -2.39. The van der Waals surface area contributed by atoms with Gasteiger partial charge in [-0.15, -0.1) is 0 Å². The topological polar surface area (TPSA) is 66.4 Å². The summed E-state index contributed by atoms with van der Waals surface area (Å²) < 4.78 is 27.8. The highest BCUT2D eigenvalue weighted by Gasteiger charge is 2.26. The monoisotopic (exact) mass is 333 g/mol. The summed E-state index contributed by atoms with van der Waals surface area (Å²) in [7, 11) is -3.51. The molecule has 1 aromatic rings. The molecule has 0 aliphatic heterocycles. The van der Waals surface area contributed by atoms with Crippen LogP contribution in [0.2, 0.25) is 0 Å². The summed E-state index contributed by atoms with van der Waals surface area (Å²) in [5.41, 5.74) is 1.40. The number of halogens is 1. The molecule has 6 heteroatoms. The first-order valence-corrected chi connectivity index (χ1v) is 8.14. The molecule has 0 heterocycles. The van der Waals surface area contributed by atoms with E-state index >= 15 is 0 Å². The molecule has 1 aliphatic carbocycles. The Bertz CT molecular complexity index is 553. The number of hydrogen-bond donors (Lipinski definition) is 2. The molecule has 1 saturated carbocycles. The fraction of sp³-hybridized carbons (Fsp3) is 0.500. The van der Waals surface area contributed by atoms with Gasteiger partial charge in [0, 0.05) is 10.5 Å². The minimum absolute atomic E-state index is 0.0555. The van der Waals surface area contributed by atoms with Gasteiger partial charge in [-0.1, -0.05) is 12.5 Å². The first-order valence-electron chi connectivity index (χ1n) is 5.86. The molecule has 0 bridgehead atoms. The van der Waals surface area contributed by atoms with Crippen molar-refractivity contribution in [3.8, 4) is 0 Å². The van der Waals surface area contributed by atoms with E-state index in [1.165, 1.54) is 6.07 Å². The molecule has 0 aromatic heterocycles.